The molecule has 4 aliphatic carbocycles. The number of ether oxygens (including phenoxy) is 1. The molecule has 10 heteroatoms. The number of piperazine rings is 1. The predicted octanol–water partition coefficient (Wildman–Crippen LogP) is 2.05. The van der Waals surface area contributed by atoms with Crippen LogP contribution >= 0.6 is 11.6 Å². The van der Waals surface area contributed by atoms with Crippen molar-refractivity contribution in [1.82, 2.24) is 9.21 Å². The Kier molecular flexibility index (Phi) is 5.75. The van der Waals surface area contributed by atoms with Gasteiger partial charge in [-0.3, -0.25) is 9.59 Å². The van der Waals surface area contributed by atoms with Crippen LogP contribution < -0.4 is 0 Å². The fourth-order valence-corrected chi connectivity index (χ4v) is 8.31. The number of halogens is 1. The summed E-state index contributed by atoms with van der Waals surface area (Å²) in [5, 5.41) is 11.3. The van der Waals surface area contributed by atoms with E-state index in [2.05, 4.69) is 0 Å². The standard InChI is InChI=1S/C23H29ClN2O6S/c24-18-1-3-19(4-2-18)33(30,31)26-7-5-25(6-8-26)20(27)14-32-21(28)22-10-16-9-17(11-22)13-23(29,12-16)15-22/h1-4,16-17,29H,5-15H2/t16-,17+,22?,23?. The molecule has 5 aliphatic rings. The highest BCUT2D eigenvalue weighted by molar-refractivity contribution is 7.89. The van der Waals surface area contributed by atoms with Crippen LogP contribution in [0.2, 0.25) is 5.02 Å². The molecule has 0 aromatic heterocycles. The third-order valence-electron chi connectivity index (χ3n) is 7.83. The summed E-state index contributed by atoms with van der Waals surface area (Å²) in [4.78, 5) is 27.4. The van der Waals surface area contributed by atoms with Crippen LogP contribution in [0.4, 0.5) is 0 Å². The van der Waals surface area contributed by atoms with Crippen LogP contribution in [0, 0.1) is 17.3 Å². The molecule has 180 valence electrons. The van der Waals surface area contributed by atoms with Crippen LogP contribution in [-0.4, -0.2) is 73.0 Å². The molecule has 0 radical (unpaired) electrons. The van der Waals surface area contributed by atoms with Gasteiger partial charge in [0.05, 0.1) is 15.9 Å². The van der Waals surface area contributed by atoms with Gasteiger partial charge in [-0.15, -0.1) is 0 Å². The molecule has 4 saturated carbocycles. The summed E-state index contributed by atoms with van der Waals surface area (Å²) in [5.74, 6) is 0.0213. The Morgan fingerprint density at radius 2 is 1.64 bits per heavy atom. The Bertz CT molecular complexity index is 1040. The lowest BCUT2D eigenvalue weighted by atomic mass is 9.48. The Morgan fingerprint density at radius 3 is 2.21 bits per heavy atom. The Hall–Kier alpha value is -1.68. The molecule has 33 heavy (non-hydrogen) atoms. The Balaban J connectivity index is 1.15. The molecule has 5 fully saturated rings. The van der Waals surface area contributed by atoms with Crippen molar-refractivity contribution in [3.8, 4) is 0 Å². The van der Waals surface area contributed by atoms with Gasteiger partial charge >= 0.3 is 5.97 Å². The summed E-state index contributed by atoms with van der Waals surface area (Å²) in [5.41, 5.74) is -1.43. The minimum Gasteiger partial charge on any atom is -0.455 e. The van der Waals surface area contributed by atoms with Crippen molar-refractivity contribution in [1.29, 1.82) is 0 Å². The first-order chi connectivity index (χ1) is 15.6. The van der Waals surface area contributed by atoms with Gasteiger partial charge in [-0.05, 0) is 74.6 Å². The zero-order chi connectivity index (χ0) is 23.4. The number of benzene rings is 1. The van der Waals surface area contributed by atoms with Crippen molar-refractivity contribution in [2.75, 3.05) is 32.8 Å². The maximum absolute atomic E-state index is 13.0. The normalized spacial score (nSPS) is 33.8. The van der Waals surface area contributed by atoms with E-state index in [0.29, 0.717) is 23.3 Å². The number of sulfonamides is 1. The molecule has 1 aromatic carbocycles. The largest absolute Gasteiger partial charge is 0.455 e. The van der Waals surface area contributed by atoms with Gasteiger partial charge in [0.25, 0.3) is 5.91 Å². The van der Waals surface area contributed by atoms with Crippen molar-refractivity contribution < 1.29 is 27.9 Å². The number of rotatable bonds is 5. The lowest BCUT2D eigenvalue weighted by Crippen LogP contribution is -2.58. The fraction of sp³-hybridized carbons (Fsp3) is 0.652. The molecule has 4 atom stereocenters. The van der Waals surface area contributed by atoms with Crippen LogP contribution in [0.3, 0.4) is 0 Å². The van der Waals surface area contributed by atoms with E-state index in [-0.39, 0.29) is 49.6 Å². The highest BCUT2D eigenvalue weighted by Crippen LogP contribution is 2.61. The van der Waals surface area contributed by atoms with Crippen molar-refractivity contribution in [3.63, 3.8) is 0 Å². The number of carbonyl (C=O) groups is 2. The smallest absolute Gasteiger partial charge is 0.312 e. The van der Waals surface area contributed by atoms with E-state index in [4.69, 9.17) is 16.3 Å². The molecule has 2 unspecified atom stereocenters. The Morgan fingerprint density at radius 1 is 1.03 bits per heavy atom. The van der Waals surface area contributed by atoms with E-state index in [1.165, 1.54) is 33.5 Å². The topological polar surface area (TPSA) is 104 Å². The second-order valence-electron chi connectivity index (χ2n) is 10.3. The second kappa shape index (κ2) is 8.22. The zero-order valence-electron chi connectivity index (χ0n) is 18.4. The number of nitrogens with zero attached hydrogens (tertiary/aromatic N) is 2. The highest BCUT2D eigenvalue weighted by Gasteiger charge is 2.61. The first kappa shape index (κ1) is 23.1. The van der Waals surface area contributed by atoms with Crippen LogP contribution in [0.1, 0.15) is 38.5 Å². The average Bonchev–Trinajstić information content (AvgIpc) is 2.76. The van der Waals surface area contributed by atoms with Gasteiger partial charge in [-0.2, -0.15) is 4.31 Å². The SMILES string of the molecule is O=C(COC(=O)C12C[C@@H]3C[C@@H](CC(O)(C3)C1)C2)N1CCN(S(=O)(=O)c2ccc(Cl)cc2)CC1. The maximum atomic E-state index is 13.0. The minimum atomic E-state index is -3.66. The van der Waals surface area contributed by atoms with E-state index in [9.17, 15) is 23.1 Å². The summed E-state index contributed by atoms with van der Waals surface area (Å²) in [6, 6.07) is 6.00. The van der Waals surface area contributed by atoms with Crippen molar-refractivity contribution in [2.45, 2.75) is 49.0 Å². The first-order valence-electron chi connectivity index (χ1n) is 11.5. The molecule has 1 N–H and O–H groups in total. The molecule has 8 nitrogen and oxygen atoms in total. The minimum absolute atomic E-state index is 0.165. The van der Waals surface area contributed by atoms with Crippen LogP contribution in [0.5, 0.6) is 0 Å². The quantitative estimate of drug-likeness (QED) is 0.626. The van der Waals surface area contributed by atoms with Crippen molar-refractivity contribution >= 4 is 33.5 Å². The van der Waals surface area contributed by atoms with Crippen LogP contribution in [-0.2, 0) is 24.3 Å². The summed E-state index contributed by atoms with van der Waals surface area (Å²) in [6.45, 7) is 0.463. The average molecular weight is 497 g/mol. The molecule has 0 spiro atoms. The number of esters is 1. The summed E-state index contributed by atoms with van der Waals surface area (Å²) < 4.78 is 32.4. The number of aliphatic hydroxyl groups is 1. The third-order valence-corrected chi connectivity index (χ3v) is 10.00. The van der Waals surface area contributed by atoms with Gasteiger partial charge in [-0.1, -0.05) is 11.6 Å². The molecular weight excluding hydrogens is 468 g/mol. The fourth-order valence-electron chi connectivity index (χ4n) is 6.76. The molecule has 1 saturated heterocycles. The number of hydrogen-bond donors (Lipinski definition) is 1. The van der Waals surface area contributed by atoms with Gasteiger partial charge in [0, 0.05) is 31.2 Å². The zero-order valence-corrected chi connectivity index (χ0v) is 20.0. The molecular formula is C23H29ClN2O6S. The van der Waals surface area contributed by atoms with E-state index in [1.807, 2.05) is 0 Å². The second-order valence-corrected chi connectivity index (χ2v) is 12.7. The lowest BCUT2D eigenvalue weighted by molar-refractivity contribution is -0.197. The number of carbonyl (C=O) groups excluding carboxylic acids is 2. The summed E-state index contributed by atoms with van der Waals surface area (Å²) >= 11 is 5.85. The van der Waals surface area contributed by atoms with Crippen LogP contribution in [0.25, 0.3) is 0 Å². The van der Waals surface area contributed by atoms with Gasteiger partial charge in [0.15, 0.2) is 6.61 Å². The third kappa shape index (κ3) is 4.29. The highest BCUT2D eigenvalue weighted by atomic mass is 35.5. The number of amides is 1. The molecule has 1 heterocycles. The molecule has 1 amide bonds. The lowest BCUT2D eigenvalue weighted by Gasteiger charge is -2.58. The molecule has 1 aromatic rings. The van der Waals surface area contributed by atoms with Crippen LogP contribution in [0.15, 0.2) is 29.2 Å². The van der Waals surface area contributed by atoms with Gasteiger partial charge < -0.3 is 14.7 Å². The first-order valence-corrected chi connectivity index (χ1v) is 13.3. The molecule has 6 rings (SSSR count). The van der Waals surface area contributed by atoms with Gasteiger partial charge in [0.2, 0.25) is 10.0 Å². The van der Waals surface area contributed by atoms with Gasteiger partial charge in [-0.25, -0.2) is 8.42 Å². The Labute approximate surface area is 198 Å². The maximum Gasteiger partial charge on any atom is 0.312 e. The monoisotopic (exact) mass is 496 g/mol. The number of hydrogen-bond acceptors (Lipinski definition) is 6. The van der Waals surface area contributed by atoms with E-state index >= 15 is 0 Å². The van der Waals surface area contributed by atoms with E-state index in [1.54, 1.807) is 0 Å². The summed E-state index contributed by atoms with van der Waals surface area (Å²) in [7, 11) is -3.66. The van der Waals surface area contributed by atoms with Gasteiger partial charge in [0.1, 0.15) is 0 Å². The summed E-state index contributed by atoms with van der Waals surface area (Å²) in [6.07, 6.45) is 4.50. The molecule has 1 aliphatic heterocycles. The van der Waals surface area contributed by atoms with E-state index < -0.39 is 21.0 Å². The van der Waals surface area contributed by atoms with Crippen molar-refractivity contribution in [2.24, 2.45) is 17.3 Å². The molecule has 4 bridgehead atoms. The van der Waals surface area contributed by atoms with E-state index in [0.717, 1.165) is 32.1 Å². The van der Waals surface area contributed by atoms with Crippen molar-refractivity contribution in [3.05, 3.63) is 29.3 Å². The predicted molar refractivity (Wildman–Crippen MR) is 120 cm³/mol.